The van der Waals surface area contributed by atoms with Gasteiger partial charge < -0.3 is 4.74 Å². The first-order chi connectivity index (χ1) is 12.2. The molecule has 0 N–H and O–H groups in total. The highest BCUT2D eigenvalue weighted by atomic mass is 32.1. The van der Waals surface area contributed by atoms with Gasteiger partial charge in [0.15, 0.2) is 0 Å². The van der Waals surface area contributed by atoms with Crippen molar-refractivity contribution in [1.29, 1.82) is 0 Å². The van der Waals surface area contributed by atoms with Crippen molar-refractivity contribution in [2.24, 2.45) is 0 Å². The monoisotopic (exact) mass is 346 g/mol. The van der Waals surface area contributed by atoms with E-state index in [0.717, 1.165) is 12.2 Å². The normalized spacial score (nSPS) is 19.7. The van der Waals surface area contributed by atoms with E-state index >= 15 is 0 Å². The molecule has 0 saturated carbocycles. The second-order valence-corrected chi connectivity index (χ2v) is 7.66. The molecule has 2 atom stereocenters. The van der Waals surface area contributed by atoms with Gasteiger partial charge in [-0.1, -0.05) is 54.1 Å². The molecule has 1 aliphatic carbocycles. The number of benzene rings is 2. The highest BCUT2D eigenvalue weighted by molar-refractivity contribution is 7.10. The van der Waals surface area contributed by atoms with E-state index in [4.69, 9.17) is 4.74 Å². The average molecular weight is 346 g/mol. The molecule has 1 heterocycles. The van der Waals surface area contributed by atoms with Gasteiger partial charge in [-0.25, -0.2) is 0 Å². The van der Waals surface area contributed by atoms with Gasteiger partial charge in [0.1, 0.15) is 5.75 Å². The summed E-state index contributed by atoms with van der Waals surface area (Å²) >= 11 is 1.87. The molecule has 2 aromatic carbocycles. The van der Waals surface area contributed by atoms with Gasteiger partial charge in [-0.05, 0) is 53.6 Å². The van der Waals surface area contributed by atoms with Crippen molar-refractivity contribution < 1.29 is 4.74 Å². The zero-order valence-corrected chi connectivity index (χ0v) is 15.4. The Labute approximate surface area is 153 Å². The summed E-state index contributed by atoms with van der Waals surface area (Å²) in [5.41, 5.74) is 5.48. The Bertz CT molecular complexity index is 857. The van der Waals surface area contributed by atoms with Crippen LogP contribution in [0.1, 0.15) is 39.8 Å². The van der Waals surface area contributed by atoms with Crippen LogP contribution in [-0.2, 0) is 0 Å². The molecule has 126 valence electrons. The molecule has 1 aromatic heterocycles. The summed E-state index contributed by atoms with van der Waals surface area (Å²) in [7, 11) is 1.72. The lowest BCUT2D eigenvalue weighted by Crippen LogP contribution is -2.03. The molecule has 0 saturated heterocycles. The summed E-state index contributed by atoms with van der Waals surface area (Å²) in [5, 5.41) is 2.18. The molecule has 0 amide bonds. The molecule has 0 aliphatic heterocycles. The molecular weight excluding hydrogens is 324 g/mol. The second-order valence-electron chi connectivity index (χ2n) is 6.68. The van der Waals surface area contributed by atoms with Crippen molar-refractivity contribution in [1.82, 2.24) is 0 Å². The molecule has 3 aromatic rings. The number of allylic oxidation sites excluding steroid dienone is 2. The van der Waals surface area contributed by atoms with E-state index in [0.29, 0.717) is 11.8 Å². The third kappa shape index (κ3) is 3.27. The fourth-order valence-corrected chi connectivity index (χ4v) is 4.56. The number of thiophene rings is 1. The standard InChI is InChI=1S/C23H22OS/c1-16-5-7-17(8-6-16)19-14-21(18-9-11-20(24-2)12-10-18)22(15-19)23-4-3-13-25-23/h3-14,21-22H,15H2,1-2H3/t21-,22+/m1/s1. The van der Waals surface area contributed by atoms with Gasteiger partial charge in [-0.15, -0.1) is 11.3 Å². The molecular formula is C23H22OS. The Morgan fingerprint density at radius 1 is 0.960 bits per heavy atom. The van der Waals surface area contributed by atoms with E-state index in [1.165, 1.54) is 27.1 Å². The largest absolute Gasteiger partial charge is 0.497 e. The van der Waals surface area contributed by atoms with E-state index in [2.05, 4.69) is 79.0 Å². The third-order valence-corrected chi connectivity index (χ3v) is 6.09. The molecule has 0 bridgehead atoms. The number of hydrogen-bond donors (Lipinski definition) is 0. The number of methoxy groups -OCH3 is 1. The maximum absolute atomic E-state index is 5.32. The highest BCUT2D eigenvalue weighted by Gasteiger charge is 2.31. The summed E-state index contributed by atoms with van der Waals surface area (Å²) in [6.07, 6.45) is 3.57. The molecule has 4 rings (SSSR count). The summed E-state index contributed by atoms with van der Waals surface area (Å²) in [5.74, 6) is 1.85. The van der Waals surface area contributed by atoms with Gasteiger partial charge in [0.25, 0.3) is 0 Å². The van der Waals surface area contributed by atoms with E-state index in [9.17, 15) is 0 Å². The number of rotatable bonds is 4. The van der Waals surface area contributed by atoms with E-state index in [1.54, 1.807) is 7.11 Å². The second kappa shape index (κ2) is 6.89. The van der Waals surface area contributed by atoms with Crippen molar-refractivity contribution in [2.75, 3.05) is 7.11 Å². The van der Waals surface area contributed by atoms with Gasteiger partial charge in [0.05, 0.1) is 7.11 Å². The average Bonchev–Trinajstić information content (AvgIpc) is 3.32. The van der Waals surface area contributed by atoms with E-state index < -0.39 is 0 Å². The summed E-state index contributed by atoms with van der Waals surface area (Å²) in [6.45, 7) is 2.14. The molecule has 0 spiro atoms. The highest BCUT2D eigenvalue weighted by Crippen LogP contribution is 2.49. The predicted octanol–water partition coefficient (Wildman–Crippen LogP) is 6.42. The van der Waals surface area contributed by atoms with Crippen molar-refractivity contribution in [3.05, 3.63) is 93.7 Å². The molecule has 1 nitrogen and oxygen atoms in total. The maximum atomic E-state index is 5.32. The summed E-state index contributed by atoms with van der Waals surface area (Å²) in [6, 6.07) is 21.9. The minimum Gasteiger partial charge on any atom is -0.497 e. The summed E-state index contributed by atoms with van der Waals surface area (Å²) < 4.78 is 5.32. The van der Waals surface area contributed by atoms with Gasteiger partial charge in [0.2, 0.25) is 0 Å². The van der Waals surface area contributed by atoms with Crippen LogP contribution in [0.15, 0.2) is 72.1 Å². The molecule has 1 aliphatic rings. The topological polar surface area (TPSA) is 9.23 Å². The minimum absolute atomic E-state index is 0.417. The van der Waals surface area contributed by atoms with Gasteiger partial charge in [-0.2, -0.15) is 0 Å². The lowest BCUT2D eigenvalue weighted by atomic mass is 9.87. The van der Waals surface area contributed by atoms with Crippen LogP contribution >= 0.6 is 11.3 Å². The van der Waals surface area contributed by atoms with Crippen LogP contribution in [0.3, 0.4) is 0 Å². The van der Waals surface area contributed by atoms with Crippen LogP contribution in [0.2, 0.25) is 0 Å². The first kappa shape index (κ1) is 16.2. The zero-order chi connectivity index (χ0) is 17.2. The van der Waals surface area contributed by atoms with Gasteiger partial charge in [-0.3, -0.25) is 0 Å². The smallest absolute Gasteiger partial charge is 0.118 e. The van der Waals surface area contributed by atoms with Crippen molar-refractivity contribution in [3.8, 4) is 5.75 Å². The van der Waals surface area contributed by atoms with Crippen LogP contribution < -0.4 is 4.74 Å². The predicted molar refractivity (Wildman–Crippen MR) is 107 cm³/mol. The molecule has 0 radical (unpaired) electrons. The van der Waals surface area contributed by atoms with E-state index in [1.807, 2.05) is 11.3 Å². The zero-order valence-electron chi connectivity index (χ0n) is 14.6. The quantitative estimate of drug-likeness (QED) is 0.529. The molecule has 0 unspecified atom stereocenters. The van der Waals surface area contributed by atoms with Gasteiger partial charge in [0, 0.05) is 16.7 Å². The Balaban J connectivity index is 1.71. The first-order valence-corrected chi connectivity index (χ1v) is 9.57. The number of ether oxygens (including phenoxy) is 1. The maximum Gasteiger partial charge on any atom is 0.118 e. The SMILES string of the molecule is COc1ccc([C@H]2C=C(c3ccc(C)cc3)C[C@@H]2c2cccs2)cc1. The lowest BCUT2D eigenvalue weighted by molar-refractivity contribution is 0.414. The van der Waals surface area contributed by atoms with Crippen LogP contribution in [0.4, 0.5) is 0 Å². The Morgan fingerprint density at radius 3 is 2.36 bits per heavy atom. The third-order valence-electron chi connectivity index (χ3n) is 5.09. The van der Waals surface area contributed by atoms with E-state index in [-0.39, 0.29) is 0 Å². The number of aryl methyl sites for hydroxylation is 1. The van der Waals surface area contributed by atoms with Crippen LogP contribution in [-0.4, -0.2) is 7.11 Å². The first-order valence-electron chi connectivity index (χ1n) is 8.69. The van der Waals surface area contributed by atoms with Crippen molar-refractivity contribution in [3.63, 3.8) is 0 Å². The Kier molecular flexibility index (Phi) is 4.46. The Morgan fingerprint density at radius 2 is 1.72 bits per heavy atom. The molecule has 0 fully saturated rings. The molecule has 2 heteroatoms. The minimum atomic E-state index is 0.417. The van der Waals surface area contributed by atoms with Crippen LogP contribution in [0.5, 0.6) is 5.75 Å². The summed E-state index contributed by atoms with van der Waals surface area (Å²) in [4.78, 5) is 1.47. The Hall–Kier alpha value is -2.32. The molecule has 25 heavy (non-hydrogen) atoms. The van der Waals surface area contributed by atoms with Crippen molar-refractivity contribution >= 4 is 16.9 Å². The van der Waals surface area contributed by atoms with Crippen LogP contribution in [0.25, 0.3) is 5.57 Å². The lowest BCUT2D eigenvalue weighted by Gasteiger charge is -2.19. The fourth-order valence-electron chi connectivity index (χ4n) is 3.68. The fraction of sp³-hybridized carbons (Fsp3) is 0.217. The van der Waals surface area contributed by atoms with Gasteiger partial charge >= 0.3 is 0 Å². The van der Waals surface area contributed by atoms with Crippen LogP contribution in [0, 0.1) is 6.92 Å². The van der Waals surface area contributed by atoms with Crippen molar-refractivity contribution in [2.45, 2.75) is 25.2 Å². The number of hydrogen-bond acceptors (Lipinski definition) is 2.